The van der Waals surface area contributed by atoms with Crippen molar-refractivity contribution >= 4 is 35.1 Å². The summed E-state index contributed by atoms with van der Waals surface area (Å²) in [5, 5.41) is 0.00437. The third-order valence-corrected chi connectivity index (χ3v) is 5.42. The Kier molecular flexibility index (Phi) is 6.90. The van der Waals surface area contributed by atoms with Crippen molar-refractivity contribution in [2.45, 2.75) is 39.0 Å². The van der Waals surface area contributed by atoms with Crippen LogP contribution in [-0.2, 0) is 19.1 Å². The van der Waals surface area contributed by atoms with Crippen LogP contribution in [0.2, 0.25) is 5.02 Å². The Bertz CT molecular complexity index is 817. The standard InChI is InChI=1S/C21H23ClFNO5/c1-2-9-29-19(25)8-5-10-28-18-12-17(16(23)11-15(18)22)24-20(26)13-6-3-4-7-14(13)21(24)27/h5,8,11-14H,2-4,6-7,9-10H2,1H3/b8-5+. The molecule has 29 heavy (non-hydrogen) atoms. The molecule has 0 aromatic heterocycles. The molecule has 3 rings (SSSR count). The highest BCUT2D eigenvalue weighted by molar-refractivity contribution is 6.32. The van der Waals surface area contributed by atoms with Crippen LogP contribution in [0.5, 0.6) is 5.75 Å². The monoisotopic (exact) mass is 423 g/mol. The number of hydrogen-bond donors (Lipinski definition) is 0. The van der Waals surface area contributed by atoms with Crippen LogP contribution in [0.25, 0.3) is 0 Å². The average molecular weight is 424 g/mol. The SMILES string of the molecule is CCCOC(=O)/C=C/COc1cc(N2C(=O)C3CCCCC3C2=O)c(F)cc1Cl. The smallest absolute Gasteiger partial charge is 0.330 e. The van der Waals surface area contributed by atoms with Gasteiger partial charge in [-0.05, 0) is 31.4 Å². The fraction of sp³-hybridized carbons (Fsp3) is 0.476. The molecular formula is C21H23ClFNO5. The first-order valence-corrected chi connectivity index (χ1v) is 10.1. The number of carbonyl (C=O) groups is 3. The van der Waals surface area contributed by atoms with Crippen molar-refractivity contribution in [2.75, 3.05) is 18.1 Å². The maximum absolute atomic E-state index is 14.6. The molecule has 1 aliphatic heterocycles. The van der Waals surface area contributed by atoms with E-state index in [1.807, 2.05) is 6.92 Å². The Morgan fingerprint density at radius 1 is 1.24 bits per heavy atom. The molecular weight excluding hydrogens is 401 g/mol. The summed E-state index contributed by atoms with van der Waals surface area (Å²) >= 11 is 6.04. The minimum Gasteiger partial charge on any atom is -0.488 e. The number of imide groups is 1. The van der Waals surface area contributed by atoms with E-state index in [0.29, 0.717) is 19.4 Å². The van der Waals surface area contributed by atoms with Crippen molar-refractivity contribution < 1.29 is 28.2 Å². The maximum Gasteiger partial charge on any atom is 0.330 e. The zero-order valence-electron chi connectivity index (χ0n) is 16.2. The van der Waals surface area contributed by atoms with Crippen LogP contribution in [0.4, 0.5) is 10.1 Å². The molecule has 1 aromatic carbocycles. The quantitative estimate of drug-likeness (QED) is 0.376. The number of halogens is 2. The van der Waals surface area contributed by atoms with Gasteiger partial charge in [0.25, 0.3) is 0 Å². The number of ether oxygens (including phenoxy) is 2. The Balaban J connectivity index is 1.74. The number of hydrogen-bond acceptors (Lipinski definition) is 5. The molecule has 2 atom stereocenters. The molecule has 2 unspecified atom stereocenters. The molecule has 1 heterocycles. The molecule has 1 saturated heterocycles. The van der Waals surface area contributed by atoms with Crippen molar-refractivity contribution in [1.82, 2.24) is 0 Å². The van der Waals surface area contributed by atoms with E-state index < -0.39 is 11.8 Å². The summed E-state index contributed by atoms with van der Waals surface area (Å²) in [5.74, 6) is -2.64. The Morgan fingerprint density at radius 2 is 1.90 bits per heavy atom. The van der Waals surface area contributed by atoms with Gasteiger partial charge in [0.15, 0.2) is 0 Å². The summed E-state index contributed by atoms with van der Waals surface area (Å²) in [5.41, 5.74) is -0.153. The van der Waals surface area contributed by atoms with Gasteiger partial charge < -0.3 is 9.47 Å². The van der Waals surface area contributed by atoms with E-state index in [1.165, 1.54) is 18.2 Å². The second-order valence-electron chi connectivity index (χ2n) is 7.12. The van der Waals surface area contributed by atoms with E-state index in [4.69, 9.17) is 21.1 Å². The lowest BCUT2D eigenvalue weighted by Crippen LogP contribution is -2.31. The summed E-state index contributed by atoms with van der Waals surface area (Å²) in [4.78, 5) is 37.8. The van der Waals surface area contributed by atoms with E-state index in [-0.39, 0.29) is 46.7 Å². The van der Waals surface area contributed by atoms with E-state index in [1.54, 1.807) is 0 Å². The molecule has 1 aromatic rings. The minimum absolute atomic E-state index is 0.00437. The molecule has 2 aliphatic rings. The van der Waals surface area contributed by atoms with Gasteiger partial charge in [0.1, 0.15) is 18.2 Å². The Labute approximate surface area is 173 Å². The maximum atomic E-state index is 14.6. The molecule has 2 fully saturated rings. The predicted octanol–water partition coefficient (Wildman–Crippen LogP) is 4.05. The highest BCUT2D eigenvalue weighted by atomic mass is 35.5. The predicted molar refractivity (Wildman–Crippen MR) is 105 cm³/mol. The summed E-state index contributed by atoms with van der Waals surface area (Å²) in [6.45, 7) is 2.20. The second kappa shape index (κ2) is 9.39. The van der Waals surface area contributed by atoms with Crippen LogP contribution in [0.1, 0.15) is 39.0 Å². The number of esters is 1. The van der Waals surface area contributed by atoms with Crippen LogP contribution < -0.4 is 9.64 Å². The van der Waals surface area contributed by atoms with Gasteiger partial charge >= 0.3 is 5.97 Å². The fourth-order valence-electron chi connectivity index (χ4n) is 3.73. The van der Waals surface area contributed by atoms with Gasteiger partial charge in [-0.3, -0.25) is 9.59 Å². The second-order valence-corrected chi connectivity index (χ2v) is 7.53. The van der Waals surface area contributed by atoms with Gasteiger partial charge in [0.05, 0.1) is 29.2 Å². The van der Waals surface area contributed by atoms with Gasteiger partial charge in [0, 0.05) is 12.1 Å². The molecule has 8 heteroatoms. The van der Waals surface area contributed by atoms with Crippen molar-refractivity contribution in [3.63, 3.8) is 0 Å². The molecule has 0 bridgehead atoms. The van der Waals surface area contributed by atoms with Crippen LogP contribution in [0.3, 0.4) is 0 Å². The first-order valence-electron chi connectivity index (χ1n) is 9.77. The highest BCUT2D eigenvalue weighted by Crippen LogP contribution is 2.42. The minimum atomic E-state index is -0.763. The number of fused-ring (bicyclic) bond motifs is 1. The largest absolute Gasteiger partial charge is 0.488 e. The number of amides is 2. The van der Waals surface area contributed by atoms with E-state index >= 15 is 0 Å². The van der Waals surface area contributed by atoms with Gasteiger partial charge in [-0.1, -0.05) is 31.4 Å². The number of anilines is 1. The molecule has 0 radical (unpaired) electrons. The van der Waals surface area contributed by atoms with E-state index in [0.717, 1.165) is 30.2 Å². The van der Waals surface area contributed by atoms with E-state index in [2.05, 4.69) is 0 Å². The van der Waals surface area contributed by atoms with Crippen LogP contribution in [0, 0.1) is 17.7 Å². The summed E-state index contributed by atoms with van der Waals surface area (Å²) in [6, 6.07) is 2.28. The molecule has 0 spiro atoms. The number of carbonyl (C=O) groups excluding carboxylic acids is 3. The Morgan fingerprint density at radius 3 is 2.52 bits per heavy atom. The lowest BCUT2D eigenvalue weighted by molar-refractivity contribution is -0.137. The number of benzene rings is 1. The lowest BCUT2D eigenvalue weighted by Gasteiger charge is -2.19. The zero-order valence-corrected chi connectivity index (χ0v) is 16.9. The average Bonchev–Trinajstić information content (AvgIpc) is 2.96. The first-order chi connectivity index (χ1) is 13.9. The topological polar surface area (TPSA) is 72.9 Å². The first kappa shape index (κ1) is 21.3. The molecule has 1 aliphatic carbocycles. The summed E-state index contributed by atoms with van der Waals surface area (Å²) in [6.07, 6.45) is 6.45. The van der Waals surface area contributed by atoms with Gasteiger partial charge in [-0.25, -0.2) is 14.1 Å². The molecule has 1 saturated carbocycles. The van der Waals surface area contributed by atoms with Gasteiger partial charge in [-0.15, -0.1) is 0 Å². The molecule has 2 amide bonds. The number of rotatable bonds is 7. The van der Waals surface area contributed by atoms with Crippen molar-refractivity contribution in [1.29, 1.82) is 0 Å². The van der Waals surface area contributed by atoms with E-state index in [9.17, 15) is 18.8 Å². The Hall–Kier alpha value is -2.41. The van der Waals surface area contributed by atoms with Crippen molar-refractivity contribution in [2.24, 2.45) is 11.8 Å². The number of nitrogens with zero attached hydrogens (tertiary/aromatic N) is 1. The normalized spacial score (nSPS) is 21.6. The lowest BCUT2D eigenvalue weighted by atomic mass is 9.81. The fourth-order valence-corrected chi connectivity index (χ4v) is 3.94. The molecule has 6 nitrogen and oxygen atoms in total. The van der Waals surface area contributed by atoms with Crippen LogP contribution in [-0.4, -0.2) is 31.0 Å². The highest BCUT2D eigenvalue weighted by Gasteiger charge is 2.49. The van der Waals surface area contributed by atoms with Crippen LogP contribution in [0.15, 0.2) is 24.3 Å². The van der Waals surface area contributed by atoms with Crippen molar-refractivity contribution in [3.8, 4) is 5.75 Å². The summed E-state index contributed by atoms with van der Waals surface area (Å²) in [7, 11) is 0. The molecule has 156 valence electrons. The zero-order chi connectivity index (χ0) is 21.0. The third-order valence-electron chi connectivity index (χ3n) is 5.12. The van der Waals surface area contributed by atoms with Crippen LogP contribution >= 0.6 is 11.6 Å². The van der Waals surface area contributed by atoms with Gasteiger partial charge in [0.2, 0.25) is 11.8 Å². The van der Waals surface area contributed by atoms with Gasteiger partial charge in [-0.2, -0.15) is 0 Å². The van der Waals surface area contributed by atoms with Crippen molar-refractivity contribution in [3.05, 3.63) is 35.1 Å². The third kappa shape index (κ3) is 4.61. The molecule has 0 N–H and O–H groups in total. The summed E-state index contributed by atoms with van der Waals surface area (Å²) < 4.78 is 25.0.